The van der Waals surface area contributed by atoms with Crippen molar-refractivity contribution in [1.82, 2.24) is 10.2 Å². The highest BCUT2D eigenvalue weighted by atomic mass is 32.2. The van der Waals surface area contributed by atoms with Crippen molar-refractivity contribution in [1.29, 1.82) is 0 Å². The lowest BCUT2D eigenvalue weighted by Crippen LogP contribution is -2.51. The Morgan fingerprint density at radius 1 is 1.06 bits per heavy atom. The first kappa shape index (κ1) is 28.2. The predicted octanol–water partition coefficient (Wildman–Crippen LogP) is 3.41. The molecule has 0 saturated heterocycles. The number of unbranched alkanes of at least 4 members (excludes halogenated alkanes) is 1. The van der Waals surface area contributed by atoms with Crippen LogP contribution < -0.4 is 14.4 Å². The fourth-order valence-corrected chi connectivity index (χ4v) is 4.59. The summed E-state index contributed by atoms with van der Waals surface area (Å²) in [6.07, 6.45) is 2.84. The van der Waals surface area contributed by atoms with Crippen molar-refractivity contribution < 1.29 is 22.7 Å². The molecule has 0 bridgehead atoms. The zero-order chi connectivity index (χ0) is 26.2. The molecular formula is C26H37N3O5S. The van der Waals surface area contributed by atoms with E-state index >= 15 is 0 Å². The molecule has 0 fully saturated rings. The van der Waals surface area contributed by atoms with Gasteiger partial charge in [0.2, 0.25) is 21.8 Å². The van der Waals surface area contributed by atoms with Crippen LogP contribution in [0.15, 0.2) is 42.5 Å². The highest BCUT2D eigenvalue weighted by molar-refractivity contribution is 7.92. The van der Waals surface area contributed by atoms with Crippen molar-refractivity contribution in [3.05, 3.63) is 59.2 Å². The van der Waals surface area contributed by atoms with Gasteiger partial charge >= 0.3 is 0 Å². The van der Waals surface area contributed by atoms with E-state index in [9.17, 15) is 18.0 Å². The Bertz CT molecular complexity index is 1100. The third-order valence-corrected chi connectivity index (χ3v) is 6.82. The highest BCUT2D eigenvalue weighted by Crippen LogP contribution is 2.22. The number of hydrogen-bond acceptors (Lipinski definition) is 5. The first-order chi connectivity index (χ1) is 16.5. The minimum atomic E-state index is -3.76. The Morgan fingerprint density at radius 2 is 1.66 bits per heavy atom. The number of amides is 2. The van der Waals surface area contributed by atoms with Crippen LogP contribution >= 0.6 is 0 Å². The van der Waals surface area contributed by atoms with E-state index < -0.39 is 28.5 Å². The number of methoxy groups -OCH3 is 1. The lowest BCUT2D eigenvalue weighted by atomic mass is 10.1. The normalized spacial score (nSPS) is 12.1. The molecule has 2 amide bonds. The van der Waals surface area contributed by atoms with E-state index in [1.807, 2.05) is 39.0 Å². The number of hydrogen-bond donors (Lipinski definition) is 1. The van der Waals surface area contributed by atoms with Crippen LogP contribution in [0.5, 0.6) is 5.75 Å². The second kappa shape index (κ2) is 12.6. The summed E-state index contributed by atoms with van der Waals surface area (Å²) in [6.45, 7) is 7.68. The standard InChI is InChI=1S/C26H37N3O5S/c1-7-8-13-27-26(31)21(4)28(17-22-9-11-24(34-5)12-10-22)25(30)18-29(35(6,32)33)23-15-19(2)14-20(3)16-23/h9-12,14-16,21H,7-8,13,17-18H2,1-6H3,(H,27,31)/t21-/m1/s1. The van der Waals surface area contributed by atoms with Crippen LogP contribution in [0.2, 0.25) is 0 Å². The zero-order valence-corrected chi connectivity index (χ0v) is 22.3. The molecule has 0 spiro atoms. The van der Waals surface area contributed by atoms with Gasteiger partial charge in [-0.25, -0.2) is 8.42 Å². The van der Waals surface area contributed by atoms with Gasteiger partial charge in [-0.1, -0.05) is 31.5 Å². The van der Waals surface area contributed by atoms with Crippen LogP contribution in [0.25, 0.3) is 0 Å². The average molecular weight is 504 g/mol. The number of carbonyl (C=O) groups is 2. The smallest absolute Gasteiger partial charge is 0.244 e. The van der Waals surface area contributed by atoms with Crippen molar-refractivity contribution >= 4 is 27.5 Å². The predicted molar refractivity (Wildman–Crippen MR) is 139 cm³/mol. The number of benzene rings is 2. The number of sulfonamides is 1. The molecule has 0 aromatic heterocycles. The second-order valence-corrected chi connectivity index (χ2v) is 10.7. The van der Waals surface area contributed by atoms with Gasteiger partial charge in [-0.2, -0.15) is 0 Å². The van der Waals surface area contributed by atoms with Crippen molar-refractivity contribution in [3.63, 3.8) is 0 Å². The monoisotopic (exact) mass is 503 g/mol. The molecule has 1 N–H and O–H groups in total. The lowest BCUT2D eigenvalue weighted by Gasteiger charge is -2.31. The van der Waals surface area contributed by atoms with Gasteiger partial charge < -0.3 is 15.0 Å². The molecule has 2 aromatic carbocycles. The highest BCUT2D eigenvalue weighted by Gasteiger charge is 2.30. The molecule has 35 heavy (non-hydrogen) atoms. The first-order valence-corrected chi connectivity index (χ1v) is 13.6. The van der Waals surface area contributed by atoms with Gasteiger partial charge in [0.05, 0.1) is 19.1 Å². The van der Waals surface area contributed by atoms with Gasteiger partial charge in [0, 0.05) is 13.1 Å². The fraction of sp³-hybridized carbons (Fsp3) is 0.462. The van der Waals surface area contributed by atoms with Crippen molar-refractivity contribution in [2.45, 2.75) is 53.1 Å². The fourth-order valence-electron chi connectivity index (χ4n) is 3.75. The summed E-state index contributed by atoms with van der Waals surface area (Å²) in [4.78, 5) is 27.8. The van der Waals surface area contributed by atoms with Gasteiger partial charge in [-0.15, -0.1) is 0 Å². The quantitative estimate of drug-likeness (QED) is 0.448. The summed E-state index contributed by atoms with van der Waals surface area (Å²) in [5.74, 6) is -0.0730. The number of carbonyl (C=O) groups excluding carboxylic acids is 2. The number of nitrogens with zero attached hydrogens (tertiary/aromatic N) is 2. The number of nitrogens with one attached hydrogen (secondary N) is 1. The molecule has 0 unspecified atom stereocenters. The van der Waals surface area contributed by atoms with E-state index in [2.05, 4.69) is 5.32 Å². The summed E-state index contributed by atoms with van der Waals surface area (Å²) in [5, 5.41) is 2.87. The summed E-state index contributed by atoms with van der Waals surface area (Å²) in [5.41, 5.74) is 2.99. The van der Waals surface area contributed by atoms with E-state index in [4.69, 9.17) is 4.74 Å². The van der Waals surface area contributed by atoms with Gasteiger partial charge in [0.1, 0.15) is 18.3 Å². The molecule has 1 atom stereocenters. The zero-order valence-electron chi connectivity index (χ0n) is 21.5. The molecule has 0 saturated carbocycles. The maximum Gasteiger partial charge on any atom is 0.244 e. The molecule has 0 heterocycles. The van der Waals surface area contributed by atoms with Crippen LogP contribution in [0.3, 0.4) is 0 Å². The molecule has 0 radical (unpaired) electrons. The van der Waals surface area contributed by atoms with Gasteiger partial charge in [-0.3, -0.25) is 13.9 Å². The van der Waals surface area contributed by atoms with Crippen molar-refractivity contribution in [3.8, 4) is 5.75 Å². The number of ether oxygens (including phenoxy) is 1. The Kier molecular flexibility index (Phi) is 10.1. The SMILES string of the molecule is CCCCNC(=O)[C@@H](C)N(Cc1ccc(OC)cc1)C(=O)CN(c1cc(C)cc(C)c1)S(C)(=O)=O. The largest absolute Gasteiger partial charge is 0.497 e. The Labute approximate surface area is 209 Å². The van der Waals surface area contributed by atoms with Crippen LogP contribution in [0, 0.1) is 13.8 Å². The summed E-state index contributed by atoms with van der Waals surface area (Å²) in [6, 6.07) is 11.8. The minimum Gasteiger partial charge on any atom is -0.497 e. The maximum atomic E-state index is 13.6. The molecule has 2 rings (SSSR count). The van der Waals surface area contributed by atoms with Crippen LogP contribution in [-0.2, 0) is 26.2 Å². The van der Waals surface area contributed by atoms with E-state index in [-0.39, 0.29) is 12.5 Å². The Balaban J connectivity index is 2.37. The first-order valence-electron chi connectivity index (χ1n) is 11.7. The summed E-state index contributed by atoms with van der Waals surface area (Å²) < 4.78 is 31.7. The molecular weight excluding hydrogens is 466 g/mol. The number of rotatable bonds is 12. The van der Waals surface area contributed by atoms with Gasteiger partial charge in [-0.05, 0) is 68.1 Å². The van der Waals surface area contributed by atoms with E-state index in [1.165, 1.54) is 4.90 Å². The van der Waals surface area contributed by atoms with Crippen LogP contribution in [0.1, 0.15) is 43.4 Å². The molecule has 0 aliphatic rings. The van der Waals surface area contributed by atoms with Crippen LogP contribution in [-0.4, -0.2) is 57.6 Å². The van der Waals surface area contributed by atoms with Gasteiger partial charge in [0.25, 0.3) is 0 Å². The lowest BCUT2D eigenvalue weighted by molar-refractivity contribution is -0.139. The Hall–Kier alpha value is -3.07. The Morgan fingerprint density at radius 3 is 2.17 bits per heavy atom. The maximum absolute atomic E-state index is 13.6. The summed E-state index contributed by atoms with van der Waals surface area (Å²) >= 11 is 0. The molecule has 9 heteroatoms. The van der Waals surface area contributed by atoms with Crippen LogP contribution in [0.4, 0.5) is 5.69 Å². The summed E-state index contributed by atoms with van der Waals surface area (Å²) in [7, 11) is -2.19. The average Bonchev–Trinajstić information content (AvgIpc) is 2.79. The van der Waals surface area contributed by atoms with Gasteiger partial charge in [0.15, 0.2) is 0 Å². The molecule has 0 aliphatic heterocycles. The van der Waals surface area contributed by atoms with E-state index in [0.29, 0.717) is 18.0 Å². The van der Waals surface area contributed by atoms with Crippen molar-refractivity contribution in [2.75, 3.05) is 30.8 Å². The molecule has 192 valence electrons. The third-order valence-electron chi connectivity index (χ3n) is 5.68. The second-order valence-electron chi connectivity index (χ2n) is 8.81. The topological polar surface area (TPSA) is 96.0 Å². The molecule has 0 aliphatic carbocycles. The third kappa shape index (κ3) is 8.28. The van der Waals surface area contributed by atoms with Crippen molar-refractivity contribution in [2.24, 2.45) is 0 Å². The number of aryl methyl sites for hydroxylation is 2. The van der Waals surface area contributed by atoms with E-state index in [1.54, 1.807) is 38.3 Å². The molecule has 2 aromatic rings. The van der Waals surface area contributed by atoms with E-state index in [0.717, 1.165) is 40.1 Å². The number of anilines is 1. The molecule has 8 nitrogen and oxygen atoms in total. The minimum absolute atomic E-state index is 0.148.